The van der Waals surface area contributed by atoms with Crippen LogP contribution in [0.3, 0.4) is 0 Å². The number of ketones is 2. The van der Waals surface area contributed by atoms with Crippen LogP contribution in [0.25, 0.3) is 0 Å². The molecule has 0 saturated carbocycles. The van der Waals surface area contributed by atoms with Gasteiger partial charge in [0.05, 0.1) is 24.3 Å². The highest BCUT2D eigenvalue weighted by atomic mass is 16.5. The van der Waals surface area contributed by atoms with Gasteiger partial charge in [-0.25, -0.2) is 9.59 Å². The zero-order valence-corrected chi connectivity index (χ0v) is 14.2. The molecule has 2 aromatic carbocycles. The molecule has 2 aliphatic heterocycles. The van der Waals surface area contributed by atoms with Crippen molar-refractivity contribution in [2.24, 2.45) is 0 Å². The van der Waals surface area contributed by atoms with Crippen molar-refractivity contribution < 1.29 is 33.4 Å². The van der Waals surface area contributed by atoms with E-state index >= 15 is 0 Å². The Morgan fingerprint density at radius 2 is 1.07 bits per heavy atom. The lowest BCUT2D eigenvalue weighted by Gasteiger charge is -2.10. The van der Waals surface area contributed by atoms with E-state index in [0.717, 1.165) is 0 Å². The number of carbonyl (C=O) groups excluding carboxylic acids is 4. The van der Waals surface area contributed by atoms with E-state index in [1.165, 1.54) is 24.3 Å². The molecule has 2 aromatic rings. The molecule has 0 aliphatic carbocycles. The fraction of sp³-hybridized carbons (Fsp3) is 0.200. The zero-order chi connectivity index (χ0) is 19.0. The lowest BCUT2D eigenvalue weighted by atomic mass is 10.0. The quantitative estimate of drug-likeness (QED) is 0.754. The van der Waals surface area contributed by atoms with Crippen LogP contribution in [-0.2, 0) is 9.47 Å². The maximum atomic E-state index is 12.2. The summed E-state index contributed by atoms with van der Waals surface area (Å²) in [6, 6.07) is 8.99. The Kier molecular flexibility index (Phi) is 4.19. The van der Waals surface area contributed by atoms with Gasteiger partial charge in [0, 0.05) is 24.0 Å². The fourth-order valence-electron chi connectivity index (χ4n) is 3.02. The van der Waals surface area contributed by atoms with Crippen molar-refractivity contribution in [1.82, 2.24) is 0 Å². The Morgan fingerprint density at radius 3 is 1.52 bits per heavy atom. The van der Waals surface area contributed by atoms with Crippen molar-refractivity contribution in [2.75, 3.05) is 13.2 Å². The van der Waals surface area contributed by atoms with Crippen LogP contribution in [0.2, 0.25) is 0 Å². The third-order valence-electron chi connectivity index (χ3n) is 4.38. The van der Waals surface area contributed by atoms with Crippen molar-refractivity contribution in [3.63, 3.8) is 0 Å². The molecule has 0 radical (unpaired) electrons. The van der Waals surface area contributed by atoms with Crippen LogP contribution >= 0.6 is 0 Å². The van der Waals surface area contributed by atoms with Gasteiger partial charge in [0.2, 0.25) is 0 Å². The molecule has 0 aromatic heterocycles. The monoisotopic (exact) mass is 366 g/mol. The van der Waals surface area contributed by atoms with Gasteiger partial charge in [-0.2, -0.15) is 0 Å². The lowest BCUT2D eigenvalue weighted by molar-refractivity contribution is 0.0499. The van der Waals surface area contributed by atoms with E-state index in [4.69, 9.17) is 14.2 Å². The topological polar surface area (TPSA) is 96.0 Å². The van der Waals surface area contributed by atoms with E-state index in [1.807, 2.05) is 0 Å². The minimum Gasteiger partial charge on any atom is -0.462 e. The Hall–Kier alpha value is -3.48. The predicted octanol–water partition coefficient (Wildman–Crippen LogP) is 2.97. The number of hydrogen-bond acceptors (Lipinski definition) is 7. The Labute approximate surface area is 153 Å². The normalized spacial score (nSPS) is 16.4. The number of carbonyl (C=O) groups is 4. The summed E-state index contributed by atoms with van der Waals surface area (Å²) in [6.45, 7) is 0.0944. The molecule has 0 saturated heterocycles. The molecular formula is C20H14O7. The van der Waals surface area contributed by atoms with Crippen molar-refractivity contribution >= 4 is 23.5 Å². The van der Waals surface area contributed by atoms with Gasteiger partial charge < -0.3 is 14.2 Å². The average Bonchev–Trinajstić information content (AvgIpc) is 2.89. The lowest BCUT2D eigenvalue weighted by Crippen LogP contribution is -2.06. The van der Waals surface area contributed by atoms with Crippen LogP contribution in [0.4, 0.5) is 0 Å². The second-order valence-corrected chi connectivity index (χ2v) is 6.14. The summed E-state index contributed by atoms with van der Waals surface area (Å²) in [5, 5.41) is 0. The number of esters is 2. The van der Waals surface area contributed by atoms with Crippen LogP contribution < -0.4 is 4.74 Å². The highest BCUT2D eigenvalue weighted by Gasteiger charge is 2.25. The molecule has 0 amide bonds. The minimum atomic E-state index is -0.545. The second-order valence-electron chi connectivity index (χ2n) is 6.14. The van der Waals surface area contributed by atoms with E-state index in [0.29, 0.717) is 11.5 Å². The van der Waals surface area contributed by atoms with Crippen molar-refractivity contribution in [1.29, 1.82) is 0 Å². The van der Waals surface area contributed by atoms with Crippen molar-refractivity contribution in [3.8, 4) is 11.5 Å². The molecule has 2 aliphatic rings. The number of cyclic esters (lactones) is 2. The molecule has 136 valence electrons. The number of benzene rings is 2. The van der Waals surface area contributed by atoms with E-state index < -0.39 is 11.9 Å². The standard InChI is InChI=1S/C20H14O7/c21-17-5-7-25-19(23)13-3-1-11(9-15(13)17)27-12-2-4-14-16(10-12)18(22)6-8-26-20(14)24/h1-4,9-10H,5-8H2. The number of fused-ring (bicyclic) bond motifs is 2. The van der Waals surface area contributed by atoms with E-state index in [9.17, 15) is 19.2 Å². The van der Waals surface area contributed by atoms with Gasteiger partial charge in [-0.3, -0.25) is 9.59 Å². The molecule has 7 heteroatoms. The maximum Gasteiger partial charge on any atom is 0.338 e. The highest BCUT2D eigenvalue weighted by Crippen LogP contribution is 2.29. The molecule has 0 atom stereocenters. The number of Topliss-reactive ketones (excluding diaryl/α,β-unsaturated/α-hetero) is 2. The SMILES string of the molecule is O=C1CCOC(=O)c2ccc(Oc3ccc4c(c3)C(=O)CCOC4=O)cc21. The van der Waals surface area contributed by atoms with Gasteiger partial charge in [0.25, 0.3) is 0 Å². The summed E-state index contributed by atoms with van der Waals surface area (Å²) in [5.41, 5.74) is 0.878. The smallest absolute Gasteiger partial charge is 0.338 e. The summed E-state index contributed by atoms with van der Waals surface area (Å²) in [4.78, 5) is 48.1. The molecule has 7 nitrogen and oxygen atoms in total. The molecule has 0 spiro atoms. The third-order valence-corrected chi connectivity index (χ3v) is 4.38. The molecule has 2 heterocycles. The maximum absolute atomic E-state index is 12.2. The van der Waals surface area contributed by atoms with E-state index in [1.54, 1.807) is 12.1 Å². The van der Waals surface area contributed by atoms with E-state index in [2.05, 4.69) is 0 Å². The first-order valence-corrected chi connectivity index (χ1v) is 8.39. The number of rotatable bonds is 2. The molecule has 4 rings (SSSR count). The van der Waals surface area contributed by atoms with Gasteiger partial charge in [-0.1, -0.05) is 0 Å². The van der Waals surface area contributed by atoms with Crippen molar-refractivity contribution in [3.05, 3.63) is 58.7 Å². The largest absolute Gasteiger partial charge is 0.462 e. The second kappa shape index (κ2) is 6.68. The van der Waals surface area contributed by atoms with Gasteiger partial charge in [-0.05, 0) is 36.4 Å². The zero-order valence-electron chi connectivity index (χ0n) is 14.2. The van der Waals surface area contributed by atoms with Crippen LogP contribution in [-0.4, -0.2) is 36.7 Å². The minimum absolute atomic E-state index is 0.0472. The molecule has 0 fully saturated rings. The predicted molar refractivity (Wildman–Crippen MR) is 91.4 cm³/mol. The summed E-state index contributed by atoms with van der Waals surface area (Å²) in [7, 11) is 0. The Morgan fingerprint density at radius 1 is 0.630 bits per heavy atom. The number of ether oxygens (including phenoxy) is 3. The van der Waals surface area contributed by atoms with Crippen LogP contribution in [0.15, 0.2) is 36.4 Å². The third kappa shape index (κ3) is 3.19. The summed E-state index contributed by atoms with van der Waals surface area (Å²) in [5.74, 6) is -0.837. The van der Waals surface area contributed by atoms with Gasteiger partial charge >= 0.3 is 11.9 Å². The first-order valence-electron chi connectivity index (χ1n) is 8.39. The van der Waals surface area contributed by atoms with Gasteiger partial charge in [0.1, 0.15) is 11.5 Å². The fourth-order valence-corrected chi connectivity index (χ4v) is 3.02. The summed E-state index contributed by atoms with van der Waals surface area (Å²) < 4.78 is 15.7. The van der Waals surface area contributed by atoms with Crippen LogP contribution in [0.5, 0.6) is 11.5 Å². The first kappa shape index (κ1) is 17.0. The number of hydrogen-bond donors (Lipinski definition) is 0. The van der Waals surface area contributed by atoms with E-state index in [-0.39, 0.29) is 59.9 Å². The van der Waals surface area contributed by atoms with Crippen LogP contribution in [0.1, 0.15) is 54.3 Å². The molecule has 0 unspecified atom stereocenters. The van der Waals surface area contributed by atoms with Crippen LogP contribution in [0, 0.1) is 0 Å². The van der Waals surface area contributed by atoms with Crippen molar-refractivity contribution in [2.45, 2.75) is 12.8 Å². The van der Waals surface area contributed by atoms with Gasteiger partial charge in [-0.15, -0.1) is 0 Å². The Balaban J connectivity index is 1.67. The highest BCUT2D eigenvalue weighted by molar-refractivity contribution is 6.08. The summed E-state index contributed by atoms with van der Waals surface area (Å²) >= 11 is 0. The molecule has 0 N–H and O–H groups in total. The van der Waals surface area contributed by atoms with Gasteiger partial charge in [0.15, 0.2) is 11.6 Å². The molecule has 0 bridgehead atoms. The summed E-state index contributed by atoms with van der Waals surface area (Å²) in [6.07, 6.45) is 0.218. The Bertz CT molecular complexity index is 910. The molecule has 27 heavy (non-hydrogen) atoms. The average molecular weight is 366 g/mol. The first-order chi connectivity index (χ1) is 13.0. The molecular weight excluding hydrogens is 352 g/mol.